The largest absolute Gasteiger partial charge is 0.487 e. The molecule has 0 fully saturated rings. The number of benzene rings is 2. The Bertz CT molecular complexity index is 946. The summed E-state index contributed by atoms with van der Waals surface area (Å²) >= 11 is 0. The van der Waals surface area contributed by atoms with Gasteiger partial charge in [-0.05, 0) is 74.6 Å². The second-order valence-electron chi connectivity index (χ2n) is 7.53. The van der Waals surface area contributed by atoms with Gasteiger partial charge in [0.2, 0.25) is 0 Å². The van der Waals surface area contributed by atoms with Crippen LogP contribution in [0, 0.1) is 0 Å². The molecule has 0 spiro atoms. The van der Waals surface area contributed by atoms with Gasteiger partial charge in [-0.3, -0.25) is 9.59 Å². The number of hydrogen-bond donors (Lipinski definition) is 2. The minimum atomic E-state index is -0.404. The van der Waals surface area contributed by atoms with Gasteiger partial charge in [0.05, 0.1) is 12.8 Å². The lowest BCUT2D eigenvalue weighted by Gasteiger charge is -2.36. The molecule has 0 saturated heterocycles. The maximum Gasteiger partial charge on any atom is 0.305 e. The van der Waals surface area contributed by atoms with Crippen molar-refractivity contribution in [2.24, 2.45) is 10.9 Å². The number of aryl methyl sites for hydroxylation is 1. The van der Waals surface area contributed by atoms with Crippen LogP contribution in [-0.4, -0.2) is 30.3 Å². The van der Waals surface area contributed by atoms with E-state index in [0.717, 1.165) is 29.7 Å². The number of amides is 1. The Morgan fingerprint density at radius 1 is 1.26 bits per heavy atom. The standard InChI is InChI=1S/C23H27N3O4.ClH/c1-3-29-21(27)11-13-23(2)12-10-18-14-19(8-9-20(18)30-23)26-22(28)17-6-4-16(5-7-17)15-25-24;/h4-9,14-15H,3,10-13,24H2,1-2H3,(H,26,28);1H. The van der Waals surface area contributed by atoms with E-state index < -0.39 is 5.60 Å². The Balaban J connectivity index is 0.00000341. The number of halogens is 1. The number of nitrogens with two attached hydrogens (primary N) is 1. The van der Waals surface area contributed by atoms with Gasteiger partial charge in [0.15, 0.2) is 0 Å². The van der Waals surface area contributed by atoms with E-state index in [1.807, 2.05) is 25.1 Å². The molecule has 166 valence electrons. The van der Waals surface area contributed by atoms with Crippen LogP contribution in [0.4, 0.5) is 5.69 Å². The molecule has 0 aliphatic carbocycles. The van der Waals surface area contributed by atoms with Gasteiger partial charge in [-0.2, -0.15) is 5.10 Å². The molecule has 1 atom stereocenters. The van der Waals surface area contributed by atoms with E-state index in [1.54, 1.807) is 31.2 Å². The Labute approximate surface area is 188 Å². The molecule has 0 aromatic heterocycles. The van der Waals surface area contributed by atoms with Crippen molar-refractivity contribution in [1.29, 1.82) is 0 Å². The van der Waals surface area contributed by atoms with Crippen molar-refractivity contribution in [3.63, 3.8) is 0 Å². The fourth-order valence-corrected chi connectivity index (χ4v) is 3.45. The first-order chi connectivity index (χ1) is 14.4. The minimum absolute atomic E-state index is 0. The highest BCUT2D eigenvalue weighted by atomic mass is 35.5. The predicted octanol–water partition coefficient (Wildman–Crippen LogP) is 4.08. The topological polar surface area (TPSA) is 103 Å². The summed E-state index contributed by atoms with van der Waals surface area (Å²) in [6, 6.07) is 12.6. The highest BCUT2D eigenvalue weighted by molar-refractivity contribution is 6.04. The molecule has 1 heterocycles. The van der Waals surface area contributed by atoms with E-state index >= 15 is 0 Å². The summed E-state index contributed by atoms with van der Waals surface area (Å²) in [6.07, 6.45) is 4.07. The van der Waals surface area contributed by atoms with Crippen molar-refractivity contribution in [1.82, 2.24) is 0 Å². The van der Waals surface area contributed by atoms with E-state index in [-0.39, 0.29) is 24.3 Å². The van der Waals surface area contributed by atoms with Gasteiger partial charge in [-0.1, -0.05) is 12.1 Å². The lowest BCUT2D eigenvalue weighted by molar-refractivity contribution is -0.144. The van der Waals surface area contributed by atoms with Crippen molar-refractivity contribution in [3.8, 4) is 5.75 Å². The maximum atomic E-state index is 12.5. The third-order valence-electron chi connectivity index (χ3n) is 5.16. The fraction of sp³-hybridized carbons (Fsp3) is 0.348. The van der Waals surface area contributed by atoms with E-state index in [9.17, 15) is 9.59 Å². The number of esters is 1. The molecule has 3 rings (SSSR count). The molecule has 1 unspecified atom stereocenters. The second-order valence-corrected chi connectivity index (χ2v) is 7.53. The number of hydrogen-bond acceptors (Lipinski definition) is 6. The van der Waals surface area contributed by atoms with Crippen molar-refractivity contribution in [2.45, 2.75) is 45.1 Å². The van der Waals surface area contributed by atoms with Crippen LogP contribution in [0.15, 0.2) is 47.6 Å². The molecule has 2 aromatic rings. The van der Waals surface area contributed by atoms with Crippen molar-refractivity contribution < 1.29 is 19.1 Å². The lowest BCUT2D eigenvalue weighted by Crippen LogP contribution is -2.37. The summed E-state index contributed by atoms with van der Waals surface area (Å²) in [4.78, 5) is 24.2. The zero-order valence-electron chi connectivity index (χ0n) is 17.7. The van der Waals surface area contributed by atoms with Crippen molar-refractivity contribution in [2.75, 3.05) is 11.9 Å². The third kappa shape index (κ3) is 6.46. The maximum absolute atomic E-state index is 12.5. The molecule has 0 radical (unpaired) electrons. The van der Waals surface area contributed by atoms with Crippen LogP contribution in [0.2, 0.25) is 0 Å². The Morgan fingerprint density at radius 3 is 2.68 bits per heavy atom. The van der Waals surface area contributed by atoms with Crippen LogP contribution >= 0.6 is 12.4 Å². The van der Waals surface area contributed by atoms with Crippen LogP contribution in [0.25, 0.3) is 0 Å². The molecule has 2 aromatic carbocycles. The van der Waals surface area contributed by atoms with Crippen LogP contribution in [0.1, 0.15) is 54.6 Å². The smallest absolute Gasteiger partial charge is 0.305 e. The predicted molar refractivity (Wildman–Crippen MR) is 123 cm³/mol. The Kier molecular flexibility index (Phi) is 8.45. The molecule has 1 aliphatic heterocycles. The first-order valence-corrected chi connectivity index (χ1v) is 10.0. The Morgan fingerprint density at radius 2 is 2.00 bits per heavy atom. The molecule has 0 bridgehead atoms. The van der Waals surface area contributed by atoms with Gasteiger partial charge in [0, 0.05) is 17.7 Å². The summed E-state index contributed by atoms with van der Waals surface area (Å²) in [5, 5.41) is 6.39. The van der Waals surface area contributed by atoms with Crippen LogP contribution in [-0.2, 0) is 16.0 Å². The third-order valence-corrected chi connectivity index (χ3v) is 5.16. The van der Waals surface area contributed by atoms with Crippen LogP contribution in [0.5, 0.6) is 5.75 Å². The summed E-state index contributed by atoms with van der Waals surface area (Å²) < 4.78 is 11.2. The van der Waals surface area contributed by atoms with Crippen LogP contribution in [0.3, 0.4) is 0 Å². The number of carbonyl (C=O) groups is 2. The highest BCUT2D eigenvalue weighted by Gasteiger charge is 2.32. The molecule has 1 aliphatic rings. The summed E-state index contributed by atoms with van der Waals surface area (Å²) in [5.41, 5.74) is 2.72. The zero-order chi connectivity index (χ0) is 21.6. The number of hydrazone groups is 1. The number of rotatable bonds is 7. The number of nitrogens with one attached hydrogen (secondary N) is 1. The Hall–Kier alpha value is -3.06. The quantitative estimate of drug-likeness (QED) is 0.289. The first-order valence-electron chi connectivity index (χ1n) is 10.0. The van der Waals surface area contributed by atoms with Gasteiger partial charge >= 0.3 is 5.97 Å². The summed E-state index contributed by atoms with van der Waals surface area (Å²) in [5.74, 6) is 5.53. The van der Waals surface area contributed by atoms with Gasteiger partial charge in [-0.25, -0.2) is 0 Å². The van der Waals surface area contributed by atoms with E-state index in [0.29, 0.717) is 30.7 Å². The van der Waals surface area contributed by atoms with Gasteiger partial charge in [0.25, 0.3) is 5.91 Å². The van der Waals surface area contributed by atoms with E-state index in [2.05, 4.69) is 10.4 Å². The van der Waals surface area contributed by atoms with Gasteiger partial charge in [0.1, 0.15) is 11.4 Å². The first kappa shape index (κ1) is 24.2. The molecule has 3 N–H and O–H groups in total. The number of fused-ring (bicyclic) bond motifs is 1. The number of ether oxygens (including phenoxy) is 2. The molecule has 31 heavy (non-hydrogen) atoms. The summed E-state index contributed by atoms with van der Waals surface area (Å²) in [6.45, 7) is 4.21. The summed E-state index contributed by atoms with van der Waals surface area (Å²) in [7, 11) is 0. The molecule has 0 saturated carbocycles. The average molecular weight is 446 g/mol. The number of carbonyl (C=O) groups excluding carboxylic acids is 2. The van der Waals surface area contributed by atoms with E-state index in [4.69, 9.17) is 15.3 Å². The lowest BCUT2D eigenvalue weighted by atomic mass is 9.88. The normalized spacial score (nSPS) is 17.2. The van der Waals surface area contributed by atoms with Crippen molar-refractivity contribution >= 4 is 36.2 Å². The van der Waals surface area contributed by atoms with Crippen molar-refractivity contribution in [3.05, 3.63) is 59.2 Å². The average Bonchev–Trinajstić information content (AvgIpc) is 2.73. The molecule has 1 amide bonds. The fourth-order valence-electron chi connectivity index (χ4n) is 3.45. The van der Waals surface area contributed by atoms with Crippen LogP contribution < -0.4 is 15.9 Å². The molecule has 7 nitrogen and oxygen atoms in total. The molecular weight excluding hydrogens is 418 g/mol. The molecular formula is C23H28ClN3O4. The monoisotopic (exact) mass is 445 g/mol. The number of anilines is 1. The number of nitrogens with zero attached hydrogens (tertiary/aromatic N) is 1. The second kappa shape index (κ2) is 10.8. The van der Waals surface area contributed by atoms with Gasteiger partial charge < -0.3 is 20.6 Å². The molecule has 8 heteroatoms. The zero-order valence-corrected chi connectivity index (χ0v) is 18.5. The van der Waals surface area contributed by atoms with Gasteiger partial charge in [-0.15, -0.1) is 12.4 Å². The van der Waals surface area contributed by atoms with E-state index in [1.165, 1.54) is 6.21 Å². The minimum Gasteiger partial charge on any atom is -0.487 e. The SMILES string of the molecule is CCOC(=O)CCC1(C)CCc2cc(NC(=O)c3ccc(C=NN)cc3)ccc2O1.Cl. The highest BCUT2D eigenvalue weighted by Crippen LogP contribution is 2.37.